The molecule has 0 bridgehead atoms. The average molecular weight is 316 g/mol. The molecule has 1 atom stereocenters. The van der Waals surface area contributed by atoms with Crippen LogP contribution in [0.3, 0.4) is 0 Å². The summed E-state index contributed by atoms with van der Waals surface area (Å²) in [5.74, 6) is 0.803. The van der Waals surface area contributed by atoms with Crippen LogP contribution in [-0.2, 0) is 0 Å². The van der Waals surface area contributed by atoms with E-state index in [0.717, 1.165) is 21.3 Å². The maximum atomic E-state index is 9.76. The molecule has 0 saturated carbocycles. The zero-order valence-electron chi connectivity index (χ0n) is 11.5. The molecule has 0 amide bonds. The van der Waals surface area contributed by atoms with Gasteiger partial charge in [0.2, 0.25) is 0 Å². The van der Waals surface area contributed by atoms with E-state index in [9.17, 15) is 5.11 Å². The zero-order valence-corrected chi connectivity index (χ0v) is 13.0. The van der Waals surface area contributed by atoms with Gasteiger partial charge in [-0.05, 0) is 37.1 Å². The molecular weight excluding hydrogens is 294 g/mol. The average Bonchev–Trinajstić information content (AvgIpc) is 2.30. The second kappa shape index (κ2) is 7.12. The molecule has 0 heterocycles. The first-order chi connectivity index (χ1) is 8.40. The van der Waals surface area contributed by atoms with Crippen LogP contribution in [0.15, 0.2) is 16.6 Å². The first kappa shape index (κ1) is 15.5. The molecule has 1 rings (SSSR count). The molecular formula is C14H22BrNO2. The van der Waals surface area contributed by atoms with E-state index in [-0.39, 0.29) is 0 Å². The highest BCUT2D eigenvalue weighted by molar-refractivity contribution is 9.10. The second-order valence-corrected chi connectivity index (χ2v) is 5.69. The molecule has 1 aromatic carbocycles. The van der Waals surface area contributed by atoms with Gasteiger partial charge in [-0.1, -0.05) is 29.8 Å². The van der Waals surface area contributed by atoms with Gasteiger partial charge in [0.05, 0.1) is 0 Å². The summed E-state index contributed by atoms with van der Waals surface area (Å²) in [6, 6.07) is 4.32. The van der Waals surface area contributed by atoms with Crippen molar-refractivity contribution in [3.05, 3.63) is 27.7 Å². The van der Waals surface area contributed by atoms with Gasteiger partial charge in [-0.25, -0.2) is 0 Å². The third-order valence-electron chi connectivity index (χ3n) is 2.61. The summed E-state index contributed by atoms with van der Waals surface area (Å²) < 4.78 is 6.71. The van der Waals surface area contributed by atoms with Crippen molar-refractivity contribution in [2.75, 3.05) is 13.2 Å². The number of aliphatic hydroxyl groups is 1. The van der Waals surface area contributed by atoms with Crippen molar-refractivity contribution in [2.24, 2.45) is 0 Å². The minimum atomic E-state index is -0.489. The lowest BCUT2D eigenvalue weighted by molar-refractivity contribution is 0.104. The standard InChI is InChI=1S/C14H22BrNO2/c1-9(2)16-7-12(17)8-18-13-5-10(3)14(15)11(4)6-13/h5-6,9,12,16-17H,7-8H2,1-4H3. The number of hydrogen-bond acceptors (Lipinski definition) is 3. The fraction of sp³-hybridized carbons (Fsp3) is 0.571. The molecule has 0 spiro atoms. The number of rotatable bonds is 6. The maximum Gasteiger partial charge on any atom is 0.120 e. The molecule has 102 valence electrons. The van der Waals surface area contributed by atoms with Gasteiger partial charge in [-0.15, -0.1) is 0 Å². The Morgan fingerprint density at radius 3 is 2.33 bits per heavy atom. The Kier molecular flexibility index (Phi) is 6.12. The van der Waals surface area contributed by atoms with Gasteiger partial charge in [-0.3, -0.25) is 0 Å². The number of nitrogens with one attached hydrogen (secondary N) is 1. The van der Waals surface area contributed by atoms with E-state index >= 15 is 0 Å². The quantitative estimate of drug-likeness (QED) is 0.848. The van der Waals surface area contributed by atoms with Crippen molar-refractivity contribution in [1.82, 2.24) is 5.32 Å². The lowest BCUT2D eigenvalue weighted by Crippen LogP contribution is -2.35. The monoisotopic (exact) mass is 315 g/mol. The van der Waals surface area contributed by atoms with Crippen LogP contribution in [0, 0.1) is 13.8 Å². The van der Waals surface area contributed by atoms with Crippen LogP contribution in [0.1, 0.15) is 25.0 Å². The summed E-state index contributed by atoms with van der Waals surface area (Å²) in [6.07, 6.45) is -0.489. The lowest BCUT2D eigenvalue weighted by atomic mass is 10.1. The third kappa shape index (κ3) is 4.96. The van der Waals surface area contributed by atoms with Crippen LogP contribution >= 0.6 is 15.9 Å². The molecule has 0 fully saturated rings. The van der Waals surface area contributed by atoms with Gasteiger partial charge in [-0.2, -0.15) is 0 Å². The smallest absolute Gasteiger partial charge is 0.120 e. The van der Waals surface area contributed by atoms with Crippen LogP contribution in [0.4, 0.5) is 0 Å². The summed E-state index contributed by atoms with van der Waals surface area (Å²) >= 11 is 3.52. The van der Waals surface area contributed by atoms with Crippen LogP contribution < -0.4 is 10.1 Å². The molecule has 0 radical (unpaired) electrons. The van der Waals surface area contributed by atoms with Gasteiger partial charge >= 0.3 is 0 Å². The van der Waals surface area contributed by atoms with Crippen molar-refractivity contribution in [2.45, 2.75) is 39.8 Å². The Hall–Kier alpha value is -0.580. The SMILES string of the molecule is Cc1cc(OCC(O)CNC(C)C)cc(C)c1Br. The normalized spacial score (nSPS) is 12.8. The van der Waals surface area contributed by atoms with Gasteiger partial charge < -0.3 is 15.2 Å². The van der Waals surface area contributed by atoms with Crippen LogP contribution in [0.2, 0.25) is 0 Å². The molecule has 18 heavy (non-hydrogen) atoms. The van der Waals surface area contributed by atoms with Gasteiger partial charge in [0.15, 0.2) is 0 Å². The van der Waals surface area contributed by atoms with Crippen LogP contribution in [0.25, 0.3) is 0 Å². The third-order valence-corrected chi connectivity index (χ3v) is 3.86. The van der Waals surface area contributed by atoms with Crippen molar-refractivity contribution in [3.63, 3.8) is 0 Å². The number of ether oxygens (including phenoxy) is 1. The summed E-state index contributed by atoms with van der Waals surface area (Å²) in [5, 5.41) is 12.9. The van der Waals surface area contributed by atoms with E-state index in [1.54, 1.807) is 0 Å². The van der Waals surface area contributed by atoms with Crippen LogP contribution in [0.5, 0.6) is 5.75 Å². The van der Waals surface area contributed by atoms with E-state index in [1.807, 2.05) is 26.0 Å². The molecule has 0 aliphatic rings. The number of aliphatic hydroxyl groups excluding tert-OH is 1. The number of halogens is 1. The summed E-state index contributed by atoms with van der Waals surface area (Å²) in [6.45, 7) is 9.01. The predicted molar refractivity (Wildman–Crippen MR) is 78.3 cm³/mol. The fourth-order valence-electron chi connectivity index (χ4n) is 1.61. The van der Waals surface area contributed by atoms with Gasteiger partial charge in [0.25, 0.3) is 0 Å². The number of hydrogen-bond donors (Lipinski definition) is 2. The lowest BCUT2D eigenvalue weighted by Gasteiger charge is -2.16. The minimum absolute atomic E-state index is 0.306. The predicted octanol–water partition coefficient (Wildman–Crippen LogP) is 2.80. The molecule has 2 N–H and O–H groups in total. The van der Waals surface area contributed by atoms with E-state index in [1.165, 1.54) is 0 Å². The molecule has 4 heteroatoms. The van der Waals surface area contributed by atoms with Crippen LogP contribution in [-0.4, -0.2) is 30.4 Å². The Balaban J connectivity index is 2.48. The van der Waals surface area contributed by atoms with Crippen molar-refractivity contribution < 1.29 is 9.84 Å². The van der Waals surface area contributed by atoms with Gasteiger partial charge in [0, 0.05) is 17.1 Å². The van der Waals surface area contributed by atoms with E-state index in [0.29, 0.717) is 19.2 Å². The molecule has 0 saturated heterocycles. The molecule has 3 nitrogen and oxygen atoms in total. The fourth-order valence-corrected chi connectivity index (χ4v) is 1.84. The van der Waals surface area contributed by atoms with Crippen molar-refractivity contribution >= 4 is 15.9 Å². The molecule has 1 unspecified atom stereocenters. The highest BCUT2D eigenvalue weighted by Crippen LogP contribution is 2.26. The Labute approximate surface area is 118 Å². The topological polar surface area (TPSA) is 41.5 Å². The van der Waals surface area contributed by atoms with Crippen molar-refractivity contribution in [3.8, 4) is 5.75 Å². The van der Waals surface area contributed by atoms with Crippen molar-refractivity contribution in [1.29, 1.82) is 0 Å². The highest BCUT2D eigenvalue weighted by atomic mass is 79.9. The van der Waals surface area contributed by atoms with Gasteiger partial charge in [0.1, 0.15) is 18.5 Å². The number of benzene rings is 1. The first-order valence-electron chi connectivity index (χ1n) is 6.21. The van der Waals surface area contributed by atoms with E-state index < -0.39 is 6.10 Å². The zero-order chi connectivity index (χ0) is 13.7. The Morgan fingerprint density at radius 1 is 1.28 bits per heavy atom. The van der Waals surface area contributed by atoms with E-state index in [2.05, 4.69) is 35.1 Å². The second-order valence-electron chi connectivity index (χ2n) is 4.90. The summed E-state index contributed by atoms with van der Waals surface area (Å²) in [5.41, 5.74) is 2.28. The molecule has 1 aromatic rings. The summed E-state index contributed by atoms with van der Waals surface area (Å²) in [7, 11) is 0. The Morgan fingerprint density at radius 2 is 1.83 bits per heavy atom. The maximum absolute atomic E-state index is 9.76. The molecule has 0 aliphatic carbocycles. The molecule has 0 aromatic heterocycles. The minimum Gasteiger partial charge on any atom is -0.491 e. The summed E-state index contributed by atoms with van der Waals surface area (Å²) in [4.78, 5) is 0. The Bertz CT molecular complexity index is 370. The highest BCUT2D eigenvalue weighted by Gasteiger charge is 2.08. The largest absolute Gasteiger partial charge is 0.491 e. The van der Waals surface area contributed by atoms with E-state index in [4.69, 9.17) is 4.74 Å². The first-order valence-corrected chi connectivity index (χ1v) is 7.00. The molecule has 0 aliphatic heterocycles. The number of aryl methyl sites for hydroxylation is 2.